The van der Waals surface area contributed by atoms with Crippen molar-refractivity contribution >= 4 is 23.8 Å². The molecule has 2 atom stereocenters. The van der Waals surface area contributed by atoms with Crippen molar-refractivity contribution in [3.05, 3.63) is 65.0 Å². The Bertz CT molecular complexity index is 1010. The number of pyridine rings is 1. The number of rotatable bonds is 2. The molecule has 4 bridgehead atoms. The lowest BCUT2D eigenvalue weighted by Crippen LogP contribution is -2.43. The predicted molar refractivity (Wildman–Crippen MR) is 123 cm³/mol. The van der Waals surface area contributed by atoms with Crippen LogP contribution in [0.5, 0.6) is 0 Å². The van der Waals surface area contributed by atoms with Gasteiger partial charge in [-0.25, -0.2) is 14.6 Å². The average Bonchev–Trinajstić information content (AvgIpc) is 2.82. The number of fused-ring (bicyclic) bond motifs is 4. The average molecular weight is 468 g/mol. The Labute approximate surface area is 198 Å². The quantitative estimate of drug-likeness (QED) is 0.651. The van der Waals surface area contributed by atoms with Crippen LogP contribution >= 0.6 is 0 Å². The molecule has 0 saturated heterocycles. The highest BCUT2D eigenvalue weighted by atomic mass is 16.5. The molecule has 1 aliphatic heterocycles. The molecule has 34 heavy (non-hydrogen) atoms. The van der Waals surface area contributed by atoms with Crippen molar-refractivity contribution in [3.8, 4) is 0 Å². The van der Waals surface area contributed by atoms with Gasteiger partial charge in [-0.05, 0) is 42.2 Å². The van der Waals surface area contributed by atoms with Gasteiger partial charge in [0.15, 0.2) is 0 Å². The molecule has 9 nitrogen and oxygen atoms in total. The number of aromatic nitrogens is 1. The van der Waals surface area contributed by atoms with Crippen molar-refractivity contribution in [1.29, 1.82) is 0 Å². The minimum Gasteiger partial charge on any atom is -0.459 e. The van der Waals surface area contributed by atoms with E-state index < -0.39 is 24.0 Å². The zero-order valence-electron chi connectivity index (χ0n) is 19.7. The lowest BCUT2D eigenvalue weighted by atomic mass is 10.0. The van der Waals surface area contributed by atoms with Crippen molar-refractivity contribution in [2.24, 2.45) is 11.8 Å². The van der Waals surface area contributed by atoms with Gasteiger partial charge in [0.05, 0.1) is 12.1 Å². The molecule has 0 spiro atoms. The summed E-state index contributed by atoms with van der Waals surface area (Å²) in [6.45, 7) is 7.36. The van der Waals surface area contributed by atoms with E-state index in [-0.39, 0.29) is 48.3 Å². The van der Waals surface area contributed by atoms with Crippen LogP contribution in [-0.4, -0.2) is 54.0 Å². The van der Waals surface area contributed by atoms with E-state index in [9.17, 15) is 19.2 Å². The fourth-order valence-electron chi connectivity index (χ4n) is 3.25. The van der Waals surface area contributed by atoms with Crippen LogP contribution in [0.1, 0.15) is 69.4 Å². The van der Waals surface area contributed by atoms with Gasteiger partial charge in [-0.2, -0.15) is 0 Å². The molecular weight excluding hydrogens is 438 g/mol. The molecule has 3 rings (SSSR count). The van der Waals surface area contributed by atoms with Gasteiger partial charge in [0.1, 0.15) is 24.6 Å². The minimum atomic E-state index is -0.718. The summed E-state index contributed by atoms with van der Waals surface area (Å²) >= 11 is 0. The van der Waals surface area contributed by atoms with Crippen LogP contribution in [0.3, 0.4) is 0 Å². The summed E-state index contributed by atoms with van der Waals surface area (Å²) in [7, 11) is 0. The second kappa shape index (κ2) is 10.9. The second-order valence-corrected chi connectivity index (χ2v) is 8.83. The molecule has 2 aromatic rings. The number of nitrogens with one attached hydrogen (secondary N) is 2. The van der Waals surface area contributed by atoms with E-state index >= 15 is 0 Å². The molecule has 2 N–H and O–H groups in total. The number of carbonyl (C=O) groups is 4. The maximum absolute atomic E-state index is 12.9. The highest BCUT2D eigenvalue weighted by Gasteiger charge is 2.24. The van der Waals surface area contributed by atoms with Gasteiger partial charge in [-0.15, -0.1) is 0 Å². The van der Waals surface area contributed by atoms with Crippen LogP contribution in [0.2, 0.25) is 0 Å². The van der Waals surface area contributed by atoms with Crippen LogP contribution in [-0.2, 0) is 9.47 Å². The molecule has 180 valence electrons. The highest BCUT2D eigenvalue weighted by Crippen LogP contribution is 2.12. The van der Waals surface area contributed by atoms with Crippen molar-refractivity contribution in [2.75, 3.05) is 13.2 Å². The predicted octanol–water partition coefficient (Wildman–Crippen LogP) is 2.62. The standard InChI is InChI=1S/C25H29N3O6/c1-14(2)20-12-33-24(31)18-9-6-10-19(26-18)25(32)34-13-21(15(3)4)28-23(30)17-8-5-7-16(11-17)22(29)27-20/h5-11,14-15,20-21H,12-13H2,1-4H3,(H,27,29)(H,28,30)/t20-,21+. The number of hydrogen-bond donors (Lipinski definition) is 2. The fourth-order valence-corrected chi connectivity index (χ4v) is 3.25. The number of carbonyl (C=O) groups excluding carboxylic acids is 4. The van der Waals surface area contributed by atoms with Gasteiger partial charge in [0.2, 0.25) is 0 Å². The van der Waals surface area contributed by atoms with E-state index in [4.69, 9.17) is 9.47 Å². The molecule has 2 amide bonds. The lowest BCUT2D eigenvalue weighted by Gasteiger charge is -2.23. The molecule has 0 fully saturated rings. The normalized spacial score (nSPS) is 20.1. The summed E-state index contributed by atoms with van der Waals surface area (Å²) in [5.74, 6) is -2.31. The summed E-state index contributed by atoms with van der Waals surface area (Å²) in [6, 6.07) is 9.73. The van der Waals surface area contributed by atoms with Gasteiger partial charge in [0.25, 0.3) is 11.8 Å². The Kier molecular flexibility index (Phi) is 7.99. The van der Waals surface area contributed by atoms with E-state index in [1.54, 1.807) is 18.2 Å². The SMILES string of the molecule is CC(C)[C@@H]1COC(=O)c2cccc(n2)C(=O)OC[C@H](C(C)C)NC(=O)c2cccc(c2)C(=O)N1. The van der Waals surface area contributed by atoms with E-state index in [2.05, 4.69) is 15.6 Å². The first-order valence-electron chi connectivity index (χ1n) is 11.2. The van der Waals surface area contributed by atoms with Crippen LogP contribution in [0.4, 0.5) is 0 Å². The molecule has 0 aliphatic carbocycles. The summed E-state index contributed by atoms with van der Waals surface area (Å²) in [5.41, 5.74) is 0.497. The Balaban J connectivity index is 1.95. The number of esters is 2. The van der Waals surface area contributed by atoms with Crippen LogP contribution < -0.4 is 10.6 Å². The number of hydrogen-bond acceptors (Lipinski definition) is 7. The number of ether oxygens (including phenoxy) is 2. The zero-order valence-corrected chi connectivity index (χ0v) is 19.7. The third kappa shape index (κ3) is 6.18. The monoisotopic (exact) mass is 467 g/mol. The maximum Gasteiger partial charge on any atom is 0.357 e. The Morgan fingerprint density at radius 2 is 1.15 bits per heavy atom. The molecule has 2 heterocycles. The Morgan fingerprint density at radius 3 is 1.56 bits per heavy atom. The lowest BCUT2D eigenvalue weighted by molar-refractivity contribution is 0.0413. The largest absolute Gasteiger partial charge is 0.459 e. The van der Waals surface area contributed by atoms with Crippen molar-refractivity contribution in [2.45, 2.75) is 39.8 Å². The second-order valence-electron chi connectivity index (χ2n) is 8.83. The van der Waals surface area contributed by atoms with E-state index in [0.29, 0.717) is 11.1 Å². The number of cyclic esters (lactones) is 2. The maximum atomic E-state index is 12.9. The fraction of sp³-hybridized carbons (Fsp3) is 0.400. The Hall–Kier alpha value is -3.75. The van der Waals surface area contributed by atoms with Crippen LogP contribution in [0.15, 0.2) is 42.5 Å². The number of nitrogens with zero attached hydrogens (tertiary/aromatic N) is 1. The van der Waals surface area contributed by atoms with E-state index in [1.165, 1.54) is 24.3 Å². The third-order valence-corrected chi connectivity index (χ3v) is 5.58. The summed E-state index contributed by atoms with van der Waals surface area (Å²) in [4.78, 5) is 54.9. The van der Waals surface area contributed by atoms with E-state index in [0.717, 1.165) is 0 Å². The smallest absolute Gasteiger partial charge is 0.357 e. The summed E-state index contributed by atoms with van der Waals surface area (Å²) in [5, 5.41) is 5.73. The third-order valence-electron chi connectivity index (χ3n) is 5.58. The molecule has 0 saturated carbocycles. The summed E-state index contributed by atoms with van der Waals surface area (Å²) in [6.07, 6.45) is 0. The van der Waals surface area contributed by atoms with Crippen molar-refractivity contribution in [3.63, 3.8) is 0 Å². The molecule has 1 aromatic carbocycles. The van der Waals surface area contributed by atoms with Gasteiger partial charge >= 0.3 is 11.9 Å². The first kappa shape index (κ1) is 24.9. The molecule has 0 radical (unpaired) electrons. The molecular formula is C25H29N3O6. The molecule has 1 aliphatic rings. The highest BCUT2D eigenvalue weighted by molar-refractivity contribution is 6.00. The Morgan fingerprint density at radius 1 is 0.735 bits per heavy atom. The van der Waals surface area contributed by atoms with Crippen molar-refractivity contribution < 1.29 is 28.7 Å². The van der Waals surface area contributed by atoms with Gasteiger partial charge in [-0.3, -0.25) is 9.59 Å². The van der Waals surface area contributed by atoms with E-state index in [1.807, 2.05) is 27.7 Å². The summed E-state index contributed by atoms with van der Waals surface area (Å²) < 4.78 is 10.7. The van der Waals surface area contributed by atoms with Gasteiger partial charge < -0.3 is 20.1 Å². The van der Waals surface area contributed by atoms with Gasteiger partial charge in [-0.1, -0.05) is 39.8 Å². The molecule has 9 heteroatoms. The molecule has 1 aromatic heterocycles. The zero-order chi connectivity index (χ0) is 24.8. The van der Waals surface area contributed by atoms with Crippen molar-refractivity contribution in [1.82, 2.24) is 15.6 Å². The minimum absolute atomic E-state index is 0.0464. The van der Waals surface area contributed by atoms with Crippen LogP contribution in [0, 0.1) is 11.8 Å². The first-order chi connectivity index (χ1) is 16.2. The van der Waals surface area contributed by atoms with Crippen LogP contribution in [0.25, 0.3) is 0 Å². The number of amides is 2. The molecule has 0 unspecified atom stereocenters. The first-order valence-corrected chi connectivity index (χ1v) is 11.2. The van der Waals surface area contributed by atoms with Gasteiger partial charge in [0, 0.05) is 11.1 Å². The number of benzene rings is 1. The topological polar surface area (TPSA) is 124 Å².